The van der Waals surface area contributed by atoms with Crippen LogP contribution in [-0.4, -0.2) is 29.7 Å². The number of H-pyrrole nitrogens is 1. The summed E-state index contributed by atoms with van der Waals surface area (Å²) in [6.45, 7) is 0. The van der Waals surface area contributed by atoms with Crippen molar-refractivity contribution >= 4 is 11.0 Å². The molecule has 0 radical (unpaired) electrons. The first-order valence-electron chi connectivity index (χ1n) is 6.66. The second kappa shape index (κ2) is 4.73. The maximum absolute atomic E-state index is 13.1. The summed E-state index contributed by atoms with van der Waals surface area (Å²) < 4.78 is 14.8. The van der Waals surface area contributed by atoms with Gasteiger partial charge in [-0.05, 0) is 18.2 Å². The van der Waals surface area contributed by atoms with Crippen LogP contribution in [0.4, 0.5) is 4.39 Å². The fourth-order valence-electron chi connectivity index (χ4n) is 2.45. The van der Waals surface area contributed by atoms with E-state index < -0.39 is 0 Å². The van der Waals surface area contributed by atoms with E-state index in [0.29, 0.717) is 11.4 Å². The van der Waals surface area contributed by atoms with E-state index in [-0.39, 0.29) is 5.82 Å². The normalized spacial score (nSPS) is 11.2. The lowest BCUT2D eigenvalue weighted by atomic mass is 10.1. The molecule has 4 heterocycles. The minimum absolute atomic E-state index is 0.378. The first-order chi connectivity index (χ1) is 10.7. The van der Waals surface area contributed by atoms with Crippen LogP contribution in [-0.2, 0) is 7.05 Å². The van der Waals surface area contributed by atoms with Gasteiger partial charge in [-0.3, -0.25) is 9.67 Å². The minimum atomic E-state index is -0.378. The van der Waals surface area contributed by atoms with Crippen molar-refractivity contribution in [3.63, 3.8) is 0 Å². The van der Waals surface area contributed by atoms with E-state index in [1.165, 1.54) is 18.6 Å². The van der Waals surface area contributed by atoms with Crippen LogP contribution in [0.25, 0.3) is 33.7 Å². The van der Waals surface area contributed by atoms with Crippen LogP contribution < -0.4 is 0 Å². The van der Waals surface area contributed by atoms with Crippen molar-refractivity contribution in [3.05, 3.63) is 48.9 Å². The summed E-state index contributed by atoms with van der Waals surface area (Å²) in [4.78, 5) is 15.7. The number of hydrogen-bond donors (Lipinski definition) is 1. The first kappa shape index (κ1) is 12.6. The van der Waals surface area contributed by atoms with Crippen LogP contribution in [0.2, 0.25) is 0 Å². The van der Waals surface area contributed by atoms with E-state index in [1.54, 1.807) is 10.7 Å². The Kier molecular flexibility index (Phi) is 2.72. The quantitative estimate of drug-likeness (QED) is 0.616. The Morgan fingerprint density at radius 1 is 1.09 bits per heavy atom. The molecule has 4 rings (SSSR count). The number of aryl methyl sites for hydroxylation is 1. The lowest BCUT2D eigenvalue weighted by molar-refractivity contribution is 0.621. The molecule has 0 aromatic carbocycles. The Bertz CT molecular complexity index is 954. The average molecular weight is 294 g/mol. The molecule has 22 heavy (non-hydrogen) atoms. The Morgan fingerprint density at radius 3 is 2.82 bits per heavy atom. The van der Waals surface area contributed by atoms with Gasteiger partial charge in [0.05, 0.1) is 17.6 Å². The van der Waals surface area contributed by atoms with Gasteiger partial charge in [-0.2, -0.15) is 5.10 Å². The number of hydrogen-bond acceptors (Lipinski definition) is 4. The number of pyridine rings is 1. The van der Waals surface area contributed by atoms with Gasteiger partial charge in [0.25, 0.3) is 0 Å². The summed E-state index contributed by atoms with van der Waals surface area (Å²) >= 11 is 0. The zero-order valence-corrected chi connectivity index (χ0v) is 11.7. The molecule has 7 heteroatoms. The molecule has 0 spiro atoms. The van der Waals surface area contributed by atoms with Gasteiger partial charge < -0.3 is 4.98 Å². The molecule has 6 nitrogen and oxygen atoms in total. The van der Waals surface area contributed by atoms with Gasteiger partial charge in [0.2, 0.25) is 0 Å². The first-order valence-corrected chi connectivity index (χ1v) is 6.66. The van der Waals surface area contributed by atoms with Crippen LogP contribution >= 0.6 is 0 Å². The minimum Gasteiger partial charge on any atom is -0.346 e. The Morgan fingerprint density at radius 2 is 2.00 bits per heavy atom. The molecular formula is C15H11FN6. The van der Waals surface area contributed by atoms with E-state index in [1.807, 2.05) is 25.5 Å². The summed E-state index contributed by atoms with van der Waals surface area (Å²) in [5.74, 6) is -0.378. The SMILES string of the molecule is Cn1cc(-c2ncnc3[nH]ccc23)c(-c2ccc(F)cn2)n1. The lowest BCUT2D eigenvalue weighted by Gasteiger charge is -2.02. The smallest absolute Gasteiger partial charge is 0.141 e. The Balaban J connectivity index is 1.96. The number of aromatic nitrogens is 6. The standard InChI is InChI=1S/C15H11FN6/c1-22-7-11(13-10-4-5-17-15(10)20-8-19-13)14(21-22)12-3-2-9(16)6-18-12/h2-8H,1H3,(H,17,19,20). The highest BCUT2D eigenvalue weighted by Gasteiger charge is 2.17. The van der Waals surface area contributed by atoms with Gasteiger partial charge in [0.15, 0.2) is 0 Å². The molecule has 108 valence electrons. The highest BCUT2D eigenvalue weighted by molar-refractivity contribution is 5.94. The van der Waals surface area contributed by atoms with Crippen LogP contribution in [0.5, 0.6) is 0 Å². The molecule has 1 N–H and O–H groups in total. The van der Waals surface area contributed by atoms with Gasteiger partial charge in [-0.15, -0.1) is 0 Å². The molecule has 0 bridgehead atoms. The maximum Gasteiger partial charge on any atom is 0.141 e. The highest BCUT2D eigenvalue weighted by atomic mass is 19.1. The highest BCUT2D eigenvalue weighted by Crippen LogP contribution is 2.32. The molecule has 0 saturated heterocycles. The maximum atomic E-state index is 13.1. The van der Waals surface area contributed by atoms with E-state index >= 15 is 0 Å². The number of aromatic amines is 1. The summed E-state index contributed by atoms with van der Waals surface area (Å²) in [6, 6.07) is 4.89. The zero-order valence-electron chi connectivity index (χ0n) is 11.7. The molecule has 0 aliphatic heterocycles. The second-order valence-corrected chi connectivity index (χ2v) is 4.89. The predicted molar refractivity (Wildman–Crippen MR) is 79.3 cm³/mol. The van der Waals surface area contributed by atoms with Crippen molar-refractivity contribution in [1.29, 1.82) is 0 Å². The lowest BCUT2D eigenvalue weighted by Crippen LogP contribution is -1.91. The fraction of sp³-hybridized carbons (Fsp3) is 0.0667. The predicted octanol–water partition coefficient (Wildman–Crippen LogP) is 2.56. The van der Waals surface area contributed by atoms with E-state index in [4.69, 9.17) is 0 Å². The number of rotatable bonds is 2. The number of nitrogens with one attached hydrogen (secondary N) is 1. The van der Waals surface area contributed by atoms with E-state index in [9.17, 15) is 4.39 Å². The van der Waals surface area contributed by atoms with Crippen molar-refractivity contribution in [2.75, 3.05) is 0 Å². The largest absolute Gasteiger partial charge is 0.346 e. The molecule has 0 amide bonds. The molecule has 0 atom stereocenters. The Hall–Kier alpha value is -3.09. The molecule has 0 saturated carbocycles. The average Bonchev–Trinajstić information content (AvgIpc) is 3.14. The van der Waals surface area contributed by atoms with Crippen LogP contribution in [0, 0.1) is 5.82 Å². The van der Waals surface area contributed by atoms with E-state index in [0.717, 1.165) is 22.3 Å². The third kappa shape index (κ3) is 1.95. The molecule has 0 unspecified atom stereocenters. The summed E-state index contributed by atoms with van der Waals surface area (Å²) in [5.41, 5.74) is 3.60. The number of nitrogens with zero attached hydrogens (tertiary/aromatic N) is 5. The van der Waals surface area contributed by atoms with Gasteiger partial charge >= 0.3 is 0 Å². The van der Waals surface area contributed by atoms with Crippen molar-refractivity contribution in [2.45, 2.75) is 0 Å². The zero-order chi connectivity index (χ0) is 15.1. The topological polar surface area (TPSA) is 72.3 Å². The second-order valence-electron chi connectivity index (χ2n) is 4.89. The van der Waals surface area contributed by atoms with Gasteiger partial charge in [-0.25, -0.2) is 14.4 Å². The molecule has 0 aliphatic rings. The molecule has 0 aliphatic carbocycles. The van der Waals surface area contributed by atoms with Crippen molar-refractivity contribution < 1.29 is 4.39 Å². The van der Waals surface area contributed by atoms with Crippen LogP contribution in [0.3, 0.4) is 0 Å². The number of halogens is 1. The van der Waals surface area contributed by atoms with Crippen molar-refractivity contribution in [1.82, 2.24) is 29.7 Å². The van der Waals surface area contributed by atoms with Gasteiger partial charge in [-0.1, -0.05) is 0 Å². The molecule has 0 fully saturated rings. The van der Waals surface area contributed by atoms with Gasteiger partial charge in [0.1, 0.15) is 23.5 Å². The van der Waals surface area contributed by atoms with Crippen LogP contribution in [0.1, 0.15) is 0 Å². The summed E-state index contributed by atoms with van der Waals surface area (Å²) in [5, 5.41) is 5.34. The van der Waals surface area contributed by atoms with Gasteiger partial charge in [0, 0.05) is 30.4 Å². The molecule has 4 aromatic rings. The van der Waals surface area contributed by atoms with E-state index in [2.05, 4.69) is 25.0 Å². The monoisotopic (exact) mass is 294 g/mol. The summed E-state index contributed by atoms with van der Waals surface area (Å²) in [6.07, 6.45) is 6.37. The van der Waals surface area contributed by atoms with Crippen molar-refractivity contribution in [2.24, 2.45) is 7.05 Å². The Labute approximate surface area is 124 Å². The molecule has 4 aromatic heterocycles. The van der Waals surface area contributed by atoms with Crippen molar-refractivity contribution in [3.8, 4) is 22.6 Å². The third-order valence-electron chi connectivity index (χ3n) is 3.41. The molecular weight excluding hydrogens is 283 g/mol. The number of fused-ring (bicyclic) bond motifs is 1. The van der Waals surface area contributed by atoms with Crippen LogP contribution in [0.15, 0.2) is 43.1 Å². The summed E-state index contributed by atoms with van der Waals surface area (Å²) in [7, 11) is 1.83. The third-order valence-corrected chi connectivity index (χ3v) is 3.41. The fourth-order valence-corrected chi connectivity index (χ4v) is 2.45.